The summed E-state index contributed by atoms with van der Waals surface area (Å²) in [7, 11) is 0. The molecule has 3 heteroatoms. The first-order valence-corrected chi connectivity index (χ1v) is 4.16. The van der Waals surface area contributed by atoms with Crippen molar-refractivity contribution in [3.05, 3.63) is 34.9 Å². The van der Waals surface area contributed by atoms with Crippen molar-refractivity contribution in [2.75, 3.05) is 0 Å². The number of hydrogen-bond donors (Lipinski definition) is 1. The Morgan fingerprint density at radius 1 is 1.25 bits per heavy atom. The maximum absolute atomic E-state index is 5.74. The number of nitrogens with two attached hydrogens (primary N) is 1. The van der Waals surface area contributed by atoms with Gasteiger partial charge in [-0.05, 0) is 24.1 Å². The summed E-state index contributed by atoms with van der Waals surface area (Å²) in [6, 6.07) is 8.33. The highest BCUT2D eigenvalue weighted by Gasteiger charge is 2.34. The van der Waals surface area contributed by atoms with Crippen LogP contribution < -0.4 is 5.73 Å². The van der Waals surface area contributed by atoms with E-state index in [2.05, 4.69) is 12.1 Å². The van der Waals surface area contributed by atoms with Crippen LogP contribution in [0.5, 0.6) is 0 Å². The molecule has 0 spiro atoms. The van der Waals surface area contributed by atoms with E-state index in [0.29, 0.717) is 12.0 Å². The second-order valence-corrected chi connectivity index (χ2v) is 3.49. The van der Waals surface area contributed by atoms with Crippen LogP contribution in [-0.4, -0.2) is 6.04 Å². The van der Waals surface area contributed by atoms with Crippen LogP contribution in [0.3, 0.4) is 0 Å². The monoisotopic (exact) mass is 203 g/mol. The lowest BCUT2D eigenvalue weighted by molar-refractivity contribution is 0.991. The summed E-state index contributed by atoms with van der Waals surface area (Å²) >= 11 is 5.74. The number of hydrogen-bond acceptors (Lipinski definition) is 1. The van der Waals surface area contributed by atoms with Crippen LogP contribution in [0.2, 0.25) is 5.02 Å². The second-order valence-electron chi connectivity index (χ2n) is 3.06. The van der Waals surface area contributed by atoms with Crippen molar-refractivity contribution in [2.24, 2.45) is 5.73 Å². The van der Waals surface area contributed by atoms with Crippen LogP contribution in [0.4, 0.5) is 0 Å². The molecule has 1 aliphatic carbocycles. The van der Waals surface area contributed by atoms with Crippen molar-refractivity contribution in [2.45, 2.75) is 18.4 Å². The SMILES string of the molecule is Cl.N[C@H]1C[C@@H]1c1ccc(Cl)cc1. The lowest BCUT2D eigenvalue weighted by Gasteiger charge is -1.96. The molecule has 0 bridgehead atoms. The number of halogens is 2. The molecule has 12 heavy (non-hydrogen) atoms. The lowest BCUT2D eigenvalue weighted by atomic mass is 10.1. The average Bonchev–Trinajstić information content (AvgIpc) is 2.69. The molecule has 0 saturated heterocycles. The molecule has 1 nitrogen and oxygen atoms in total. The molecule has 2 rings (SSSR count). The van der Waals surface area contributed by atoms with E-state index in [4.69, 9.17) is 17.3 Å². The van der Waals surface area contributed by atoms with Gasteiger partial charge in [0.15, 0.2) is 0 Å². The van der Waals surface area contributed by atoms with E-state index >= 15 is 0 Å². The van der Waals surface area contributed by atoms with Crippen LogP contribution in [0.25, 0.3) is 0 Å². The van der Waals surface area contributed by atoms with Crippen molar-refractivity contribution in [3.8, 4) is 0 Å². The summed E-state index contributed by atoms with van der Waals surface area (Å²) in [5.74, 6) is 0.590. The third-order valence-corrected chi connectivity index (χ3v) is 2.39. The molecule has 0 radical (unpaired) electrons. The first kappa shape index (κ1) is 9.85. The summed E-state index contributed by atoms with van der Waals surface area (Å²) in [4.78, 5) is 0. The van der Waals surface area contributed by atoms with E-state index in [1.165, 1.54) is 5.56 Å². The van der Waals surface area contributed by atoms with Gasteiger partial charge < -0.3 is 5.73 Å². The highest BCUT2D eigenvalue weighted by atomic mass is 35.5. The zero-order valence-electron chi connectivity index (χ0n) is 6.53. The van der Waals surface area contributed by atoms with Crippen molar-refractivity contribution >= 4 is 24.0 Å². The van der Waals surface area contributed by atoms with Crippen LogP contribution in [0, 0.1) is 0 Å². The Hall–Kier alpha value is -0.240. The molecule has 0 aliphatic heterocycles. The Bertz CT molecular complexity index is 258. The number of benzene rings is 1. The van der Waals surface area contributed by atoms with Crippen molar-refractivity contribution in [3.63, 3.8) is 0 Å². The molecule has 66 valence electrons. The smallest absolute Gasteiger partial charge is 0.0406 e. The summed E-state index contributed by atoms with van der Waals surface area (Å²) in [6.07, 6.45) is 1.13. The van der Waals surface area contributed by atoms with E-state index in [0.717, 1.165) is 11.4 Å². The fraction of sp³-hybridized carbons (Fsp3) is 0.333. The third-order valence-electron chi connectivity index (χ3n) is 2.14. The second kappa shape index (κ2) is 3.65. The first-order valence-electron chi connectivity index (χ1n) is 3.78. The van der Waals surface area contributed by atoms with Gasteiger partial charge in [-0.15, -0.1) is 12.4 Å². The van der Waals surface area contributed by atoms with Gasteiger partial charge >= 0.3 is 0 Å². The van der Waals surface area contributed by atoms with Crippen molar-refractivity contribution < 1.29 is 0 Å². The molecular formula is C9H11Cl2N. The third kappa shape index (κ3) is 1.92. The predicted molar refractivity (Wildman–Crippen MR) is 54.0 cm³/mol. The molecule has 1 aromatic carbocycles. The van der Waals surface area contributed by atoms with Crippen LogP contribution in [0.15, 0.2) is 24.3 Å². The van der Waals surface area contributed by atoms with Gasteiger partial charge in [0, 0.05) is 17.0 Å². The molecule has 1 fully saturated rings. The van der Waals surface area contributed by atoms with Crippen molar-refractivity contribution in [1.82, 2.24) is 0 Å². The average molecular weight is 204 g/mol. The molecule has 1 aromatic rings. The van der Waals surface area contributed by atoms with E-state index in [9.17, 15) is 0 Å². The van der Waals surface area contributed by atoms with E-state index in [-0.39, 0.29) is 12.4 Å². The van der Waals surface area contributed by atoms with Crippen molar-refractivity contribution in [1.29, 1.82) is 0 Å². The van der Waals surface area contributed by atoms with Gasteiger partial charge in [0.1, 0.15) is 0 Å². The Morgan fingerprint density at radius 3 is 2.17 bits per heavy atom. The standard InChI is InChI=1S/C9H10ClN.ClH/c10-7-3-1-6(2-4-7)8-5-9(8)11;/h1-4,8-9H,5,11H2;1H/t8-,9+;/m1./s1. The minimum atomic E-state index is 0. The lowest BCUT2D eigenvalue weighted by Crippen LogP contribution is -2.00. The topological polar surface area (TPSA) is 26.0 Å². The zero-order valence-corrected chi connectivity index (χ0v) is 8.11. The van der Waals surface area contributed by atoms with Crippen LogP contribution in [-0.2, 0) is 0 Å². The molecule has 0 aromatic heterocycles. The van der Waals surface area contributed by atoms with Gasteiger partial charge in [0.05, 0.1) is 0 Å². The highest BCUT2D eigenvalue weighted by Crippen LogP contribution is 2.38. The molecule has 2 atom stereocenters. The van der Waals surface area contributed by atoms with Crippen LogP contribution >= 0.6 is 24.0 Å². The Kier molecular flexibility index (Phi) is 2.99. The van der Waals surface area contributed by atoms with E-state index in [1.807, 2.05) is 12.1 Å². The normalized spacial score (nSPS) is 26.2. The van der Waals surface area contributed by atoms with Gasteiger partial charge in [-0.3, -0.25) is 0 Å². The van der Waals surface area contributed by atoms with Gasteiger partial charge in [0.25, 0.3) is 0 Å². The van der Waals surface area contributed by atoms with Gasteiger partial charge in [-0.2, -0.15) is 0 Å². The molecule has 0 unspecified atom stereocenters. The van der Waals surface area contributed by atoms with Gasteiger partial charge in [0.2, 0.25) is 0 Å². The first-order chi connectivity index (χ1) is 5.27. The fourth-order valence-corrected chi connectivity index (χ4v) is 1.43. The number of rotatable bonds is 1. The molecule has 2 N–H and O–H groups in total. The molecule has 1 saturated carbocycles. The van der Waals surface area contributed by atoms with E-state index in [1.54, 1.807) is 0 Å². The Labute approximate surface area is 83.3 Å². The fourth-order valence-electron chi connectivity index (χ4n) is 1.31. The summed E-state index contributed by atoms with van der Waals surface area (Å²) in [6.45, 7) is 0. The van der Waals surface area contributed by atoms with Crippen LogP contribution in [0.1, 0.15) is 17.9 Å². The molecular weight excluding hydrogens is 193 g/mol. The highest BCUT2D eigenvalue weighted by molar-refractivity contribution is 6.30. The quantitative estimate of drug-likeness (QED) is 0.747. The predicted octanol–water partition coefficient (Wildman–Crippen LogP) is 2.58. The van der Waals surface area contributed by atoms with Gasteiger partial charge in [-0.25, -0.2) is 0 Å². The minimum Gasteiger partial charge on any atom is -0.327 e. The molecule has 0 heterocycles. The summed E-state index contributed by atoms with van der Waals surface area (Å²) in [5.41, 5.74) is 7.02. The Morgan fingerprint density at radius 2 is 1.75 bits per heavy atom. The van der Waals surface area contributed by atoms with E-state index < -0.39 is 0 Å². The summed E-state index contributed by atoms with van der Waals surface area (Å²) in [5, 5.41) is 0.794. The maximum Gasteiger partial charge on any atom is 0.0406 e. The van der Waals surface area contributed by atoms with Gasteiger partial charge in [-0.1, -0.05) is 23.7 Å². The zero-order chi connectivity index (χ0) is 7.84. The Balaban J connectivity index is 0.000000720. The largest absolute Gasteiger partial charge is 0.327 e. The molecule has 1 aliphatic rings. The maximum atomic E-state index is 5.74. The molecule has 0 amide bonds. The summed E-state index contributed by atoms with van der Waals surface area (Å²) < 4.78 is 0. The minimum absolute atomic E-state index is 0.